The molecule has 0 aliphatic heterocycles. The Balaban J connectivity index is 2.64. The molecule has 6 heteroatoms. The zero-order chi connectivity index (χ0) is 11.3. The maximum Gasteiger partial charge on any atom is 0.358 e. The third-order valence-corrected chi connectivity index (χ3v) is 2.00. The van der Waals surface area contributed by atoms with Crippen molar-refractivity contribution in [3.05, 3.63) is 17.5 Å². The lowest BCUT2D eigenvalue weighted by atomic mass is 10.3. The number of aryl methyl sites for hydroxylation is 1. The van der Waals surface area contributed by atoms with E-state index in [9.17, 15) is 4.79 Å². The highest BCUT2D eigenvalue weighted by atomic mass is 16.5. The normalized spacial score (nSPS) is 10.3. The van der Waals surface area contributed by atoms with E-state index in [4.69, 9.17) is 5.73 Å². The number of hydrogen-bond acceptors (Lipinski definition) is 5. The van der Waals surface area contributed by atoms with Crippen LogP contribution >= 0.6 is 0 Å². The Hall–Kier alpha value is -1.40. The van der Waals surface area contributed by atoms with Crippen LogP contribution in [0.2, 0.25) is 0 Å². The van der Waals surface area contributed by atoms with Crippen molar-refractivity contribution >= 4 is 5.97 Å². The van der Waals surface area contributed by atoms with Crippen molar-refractivity contribution < 1.29 is 9.53 Å². The topological polar surface area (TPSA) is 82.2 Å². The van der Waals surface area contributed by atoms with Crippen LogP contribution in [0.3, 0.4) is 0 Å². The smallest absolute Gasteiger partial charge is 0.358 e. The lowest BCUT2D eigenvalue weighted by Gasteiger charge is -2.02. The van der Waals surface area contributed by atoms with Crippen molar-refractivity contribution in [3.8, 4) is 0 Å². The predicted octanol–water partition coefficient (Wildman–Crippen LogP) is -0.745. The largest absolute Gasteiger partial charge is 0.464 e. The lowest BCUT2D eigenvalue weighted by Crippen LogP contribution is -2.22. The summed E-state index contributed by atoms with van der Waals surface area (Å²) in [5, 5.41) is 7.16. The van der Waals surface area contributed by atoms with Crippen LogP contribution in [0, 0.1) is 0 Å². The molecule has 0 amide bonds. The van der Waals surface area contributed by atoms with E-state index in [1.54, 1.807) is 17.8 Å². The molecular weight excluding hydrogens is 196 g/mol. The summed E-state index contributed by atoms with van der Waals surface area (Å²) in [5.74, 6) is -0.421. The molecule has 1 heterocycles. The van der Waals surface area contributed by atoms with Crippen LogP contribution in [0.25, 0.3) is 0 Å². The van der Waals surface area contributed by atoms with Gasteiger partial charge in [-0.2, -0.15) is 5.10 Å². The van der Waals surface area contributed by atoms with E-state index in [1.807, 2.05) is 0 Å². The van der Waals surface area contributed by atoms with Crippen LogP contribution in [0.4, 0.5) is 0 Å². The minimum atomic E-state index is -0.421. The van der Waals surface area contributed by atoms with Crippen LogP contribution in [0.1, 0.15) is 16.2 Å². The average Bonchev–Trinajstić information content (AvgIpc) is 2.60. The van der Waals surface area contributed by atoms with Gasteiger partial charge in [0.15, 0.2) is 5.69 Å². The summed E-state index contributed by atoms with van der Waals surface area (Å²) < 4.78 is 6.22. The van der Waals surface area contributed by atoms with Gasteiger partial charge >= 0.3 is 5.97 Å². The van der Waals surface area contributed by atoms with Gasteiger partial charge in [0.05, 0.1) is 12.8 Å². The highest BCUT2D eigenvalue weighted by molar-refractivity contribution is 5.87. The number of carbonyl (C=O) groups excluding carboxylic acids is 1. The van der Waals surface area contributed by atoms with Crippen LogP contribution < -0.4 is 11.1 Å². The Bertz CT molecular complexity index is 335. The van der Waals surface area contributed by atoms with Crippen molar-refractivity contribution in [1.82, 2.24) is 15.1 Å². The molecule has 0 aliphatic carbocycles. The van der Waals surface area contributed by atoms with Gasteiger partial charge in [-0.1, -0.05) is 0 Å². The van der Waals surface area contributed by atoms with E-state index < -0.39 is 5.97 Å². The van der Waals surface area contributed by atoms with Crippen molar-refractivity contribution in [2.45, 2.75) is 6.54 Å². The summed E-state index contributed by atoms with van der Waals surface area (Å²) in [7, 11) is 3.12. The predicted molar refractivity (Wildman–Crippen MR) is 55.3 cm³/mol. The third kappa shape index (κ3) is 3.03. The number of methoxy groups -OCH3 is 1. The average molecular weight is 212 g/mol. The van der Waals surface area contributed by atoms with Gasteiger partial charge in [0, 0.05) is 26.7 Å². The third-order valence-electron chi connectivity index (χ3n) is 2.00. The van der Waals surface area contributed by atoms with Gasteiger partial charge in [0.2, 0.25) is 0 Å². The first-order valence-electron chi connectivity index (χ1n) is 4.71. The SMILES string of the molecule is COC(=O)c1cc(CNCCN)n(C)n1. The molecule has 0 aliphatic rings. The van der Waals surface area contributed by atoms with Gasteiger partial charge in [-0.15, -0.1) is 0 Å². The monoisotopic (exact) mass is 212 g/mol. The summed E-state index contributed by atoms with van der Waals surface area (Å²) in [6.07, 6.45) is 0. The maximum absolute atomic E-state index is 11.2. The Labute approximate surface area is 88.4 Å². The molecule has 84 valence electrons. The van der Waals surface area contributed by atoms with Gasteiger partial charge in [0.1, 0.15) is 0 Å². The van der Waals surface area contributed by atoms with E-state index in [0.717, 1.165) is 12.2 Å². The van der Waals surface area contributed by atoms with Gasteiger partial charge in [-0.3, -0.25) is 4.68 Å². The van der Waals surface area contributed by atoms with Crippen molar-refractivity contribution in [1.29, 1.82) is 0 Å². The number of nitrogens with two attached hydrogens (primary N) is 1. The summed E-state index contributed by atoms with van der Waals surface area (Å²) in [5.41, 5.74) is 6.59. The minimum Gasteiger partial charge on any atom is -0.464 e. The minimum absolute atomic E-state index is 0.324. The number of hydrogen-bond donors (Lipinski definition) is 2. The van der Waals surface area contributed by atoms with Crippen LogP contribution in [-0.2, 0) is 18.3 Å². The first-order valence-corrected chi connectivity index (χ1v) is 4.71. The Kier molecular flexibility index (Phi) is 4.26. The van der Waals surface area contributed by atoms with Crippen molar-refractivity contribution in [3.63, 3.8) is 0 Å². The Morgan fingerprint density at radius 2 is 2.47 bits per heavy atom. The molecule has 3 N–H and O–H groups in total. The quantitative estimate of drug-likeness (QED) is 0.496. The molecule has 0 unspecified atom stereocenters. The van der Waals surface area contributed by atoms with E-state index in [1.165, 1.54) is 7.11 Å². The molecule has 6 nitrogen and oxygen atoms in total. The first kappa shape index (κ1) is 11.7. The standard InChI is InChI=1S/C9H16N4O2/c1-13-7(6-11-4-3-10)5-8(12-13)9(14)15-2/h5,11H,3-4,6,10H2,1-2H3. The summed E-state index contributed by atoms with van der Waals surface area (Å²) in [4.78, 5) is 11.2. The first-order chi connectivity index (χ1) is 7.19. The van der Waals surface area contributed by atoms with Crippen LogP contribution in [0.5, 0.6) is 0 Å². The zero-order valence-corrected chi connectivity index (χ0v) is 8.99. The number of nitrogens with zero attached hydrogens (tertiary/aromatic N) is 2. The second-order valence-electron chi connectivity index (χ2n) is 3.10. The van der Waals surface area contributed by atoms with Crippen molar-refractivity contribution in [2.75, 3.05) is 20.2 Å². The second kappa shape index (κ2) is 5.47. The second-order valence-corrected chi connectivity index (χ2v) is 3.10. The molecular formula is C9H16N4O2. The van der Waals surface area contributed by atoms with Gasteiger partial charge in [-0.25, -0.2) is 4.79 Å². The lowest BCUT2D eigenvalue weighted by molar-refractivity contribution is 0.0593. The van der Waals surface area contributed by atoms with E-state index in [0.29, 0.717) is 18.8 Å². The molecule has 0 fully saturated rings. The fraction of sp³-hybridized carbons (Fsp3) is 0.556. The number of ether oxygens (including phenoxy) is 1. The van der Waals surface area contributed by atoms with Gasteiger partial charge in [-0.05, 0) is 6.07 Å². The number of nitrogens with one attached hydrogen (secondary N) is 1. The number of aromatic nitrogens is 2. The zero-order valence-electron chi connectivity index (χ0n) is 8.99. The molecule has 0 atom stereocenters. The number of rotatable bonds is 5. The van der Waals surface area contributed by atoms with Gasteiger partial charge < -0.3 is 15.8 Å². The highest BCUT2D eigenvalue weighted by Crippen LogP contribution is 2.03. The Morgan fingerprint density at radius 3 is 3.07 bits per heavy atom. The molecule has 1 rings (SSSR count). The molecule has 1 aromatic rings. The fourth-order valence-electron chi connectivity index (χ4n) is 1.19. The number of carbonyl (C=O) groups is 1. The molecule has 1 aromatic heterocycles. The summed E-state index contributed by atoms with van der Waals surface area (Å²) >= 11 is 0. The highest BCUT2D eigenvalue weighted by Gasteiger charge is 2.12. The van der Waals surface area contributed by atoms with E-state index >= 15 is 0 Å². The molecule has 0 spiro atoms. The molecule has 0 radical (unpaired) electrons. The Morgan fingerprint density at radius 1 is 1.73 bits per heavy atom. The number of esters is 1. The van der Waals surface area contributed by atoms with Gasteiger partial charge in [0.25, 0.3) is 0 Å². The van der Waals surface area contributed by atoms with Crippen molar-refractivity contribution in [2.24, 2.45) is 12.8 Å². The summed E-state index contributed by atoms with van der Waals surface area (Å²) in [6.45, 7) is 1.96. The maximum atomic E-state index is 11.2. The van der Waals surface area contributed by atoms with E-state index in [2.05, 4.69) is 15.2 Å². The van der Waals surface area contributed by atoms with E-state index in [-0.39, 0.29) is 0 Å². The van der Waals surface area contributed by atoms with Crippen LogP contribution in [-0.4, -0.2) is 35.9 Å². The fourth-order valence-corrected chi connectivity index (χ4v) is 1.19. The summed E-state index contributed by atoms with van der Waals surface area (Å²) in [6, 6.07) is 1.70. The molecule has 0 bridgehead atoms. The molecule has 0 saturated heterocycles. The molecule has 15 heavy (non-hydrogen) atoms. The molecule has 0 aromatic carbocycles. The molecule has 0 saturated carbocycles. The van der Waals surface area contributed by atoms with Crippen LogP contribution in [0.15, 0.2) is 6.07 Å².